The summed E-state index contributed by atoms with van der Waals surface area (Å²) in [5.41, 5.74) is 0. The maximum atomic E-state index is 11.4. The van der Waals surface area contributed by atoms with Gasteiger partial charge in [0, 0.05) is 19.0 Å². The van der Waals surface area contributed by atoms with Crippen LogP contribution < -0.4 is 0 Å². The summed E-state index contributed by atoms with van der Waals surface area (Å²) in [6.45, 7) is 1.64. The van der Waals surface area contributed by atoms with Crippen LogP contribution in [0.2, 0.25) is 0 Å². The van der Waals surface area contributed by atoms with Crippen molar-refractivity contribution in [3.05, 3.63) is 0 Å². The quantitative estimate of drug-likeness (QED) is 0.606. The molecule has 2 rings (SSSR count). The molecule has 0 saturated carbocycles. The van der Waals surface area contributed by atoms with E-state index in [4.69, 9.17) is 0 Å². The number of aliphatic hydroxyl groups is 1. The fourth-order valence-corrected chi connectivity index (χ4v) is 2.87. The molecule has 3 nitrogen and oxygen atoms in total. The monoisotopic (exact) mass is 183 g/mol. The number of piperidine rings is 2. The summed E-state index contributed by atoms with van der Waals surface area (Å²) in [6, 6.07) is 0.639. The summed E-state index contributed by atoms with van der Waals surface area (Å²) < 4.78 is 0. The molecule has 0 aromatic heterocycles. The maximum absolute atomic E-state index is 11.4. The first-order valence-electron chi connectivity index (χ1n) is 5.15. The molecule has 1 N–H and O–H groups in total. The Morgan fingerprint density at radius 2 is 1.85 bits per heavy atom. The molecule has 0 spiro atoms. The van der Waals surface area contributed by atoms with Crippen molar-refractivity contribution in [3.8, 4) is 0 Å². The largest absolute Gasteiger partial charge is 0.393 e. The number of hydrogen-bond donors (Lipinski definition) is 1. The third-order valence-electron chi connectivity index (χ3n) is 3.31. The fraction of sp³-hybridized carbons (Fsp3) is 0.900. The van der Waals surface area contributed by atoms with E-state index in [0.29, 0.717) is 12.1 Å². The standard InChI is InChI=1S/C10H17NO2/c1-7(12)11-8-3-2-4-9(11)6-10(13)5-8/h8-10,13H,2-6H2,1H3/t8-,9+,10?. The molecule has 1 amide bonds. The smallest absolute Gasteiger partial charge is 0.219 e. The van der Waals surface area contributed by atoms with E-state index >= 15 is 0 Å². The Bertz CT molecular complexity index is 203. The Morgan fingerprint density at radius 3 is 2.31 bits per heavy atom. The van der Waals surface area contributed by atoms with Gasteiger partial charge in [0.1, 0.15) is 0 Å². The second-order valence-corrected chi connectivity index (χ2v) is 4.29. The minimum absolute atomic E-state index is 0.175. The van der Waals surface area contributed by atoms with Gasteiger partial charge in [0.05, 0.1) is 6.10 Å². The highest BCUT2D eigenvalue weighted by atomic mass is 16.3. The van der Waals surface area contributed by atoms with Crippen LogP contribution in [-0.4, -0.2) is 34.1 Å². The highest BCUT2D eigenvalue weighted by molar-refractivity contribution is 5.74. The molecule has 2 aliphatic heterocycles. The summed E-state index contributed by atoms with van der Waals surface area (Å²) in [5.74, 6) is 0.182. The van der Waals surface area contributed by atoms with Gasteiger partial charge in [-0.25, -0.2) is 0 Å². The first-order chi connectivity index (χ1) is 6.18. The summed E-state index contributed by atoms with van der Waals surface area (Å²) in [4.78, 5) is 13.4. The lowest BCUT2D eigenvalue weighted by molar-refractivity contribution is -0.141. The normalized spacial score (nSPS) is 38.9. The van der Waals surface area contributed by atoms with Crippen LogP contribution in [0, 0.1) is 0 Å². The van der Waals surface area contributed by atoms with Crippen LogP contribution in [0.3, 0.4) is 0 Å². The van der Waals surface area contributed by atoms with Gasteiger partial charge in [-0.15, -0.1) is 0 Å². The summed E-state index contributed by atoms with van der Waals surface area (Å²) in [6.07, 6.45) is 4.77. The number of fused-ring (bicyclic) bond motifs is 2. The lowest BCUT2D eigenvalue weighted by atomic mass is 9.83. The molecule has 3 heteroatoms. The lowest BCUT2D eigenvalue weighted by Gasteiger charge is -2.47. The van der Waals surface area contributed by atoms with Crippen LogP contribution in [0.5, 0.6) is 0 Å². The molecule has 0 aromatic carbocycles. The highest BCUT2D eigenvalue weighted by Gasteiger charge is 2.38. The van der Waals surface area contributed by atoms with Crippen LogP contribution in [0.25, 0.3) is 0 Å². The predicted molar refractivity (Wildman–Crippen MR) is 49.2 cm³/mol. The van der Waals surface area contributed by atoms with Gasteiger partial charge < -0.3 is 10.0 Å². The number of carbonyl (C=O) groups is 1. The average molecular weight is 183 g/mol. The number of amides is 1. The SMILES string of the molecule is CC(=O)N1[C@@H]2CCC[C@H]1CC(O)C2. The van der Waals surface area contributed by atoms with E-state index in [0.717, 1.165) is 25.7 Å². The van der Waals surface area contributed by atoms with E-state index in [1.165, 1.54) is 6.42 Å². The third-order valence-corrected chi connectivity index (χ3v) is 3.31. The van der Waals surface area contributed by atoms with Crippen LogP contribution in [0.15, 0.2) is 0 Å². The number of aliphatic hydroxyl groups excluding tert-OH is 1. The van der Waals surface area contributed by atoms with E-state index in [9.17, 15) is 9.90 Å². The predicted octanol–water partition coefficient (Wildman–Crippen LogP) is 0.911. The Hall–Kier alpha value is -0.570. The molecule has 3 atom stereocenters. The van der Waals surface area contributed by atoms with Gasteiger partial charge in [-0.05, 0) is 32.1 Å². The van der Waals surface area contributed by atoms with E-state index in [2.05, 4.69) is 0 Å². The summed E-state index contributed by atoms with van der Waals surface area (Å²) in [7, 11) is 0. The van der Waals surface area contributed by atoms with E-state index in [1.807, 2.05) is 4.90 Å². The van der Waals surface area contributed by atoms with Gasteiger partial charge in [-0.1, -0.05) is 0 Å². The molecule has 2 bridgehead atoms. The zero-order valence-electron chi connectivity index (χ0n) is 8.07. The van der Waals surface area contributed by atoms with E-state index in [1.54, 1.807) is 6.92 Å². The highest BCUT2D eigenvalue weighted by Crippen LogP contribution is 2.33. The van der Waals surface area contributed by atoms with Crippen molar-refractivity contribution in [2.75, 3.05) is 0 Å². The Labute approximate surface area is 78.7 Å². The Kier molecular flexibility index (Phi) is 2.28. The molecule has 13 heavy (non-hydrogen) atoms. The van der Waals surface area contributed by atoms with Crippen LogP contribution in [0.1, 0.15) is 39.0 Å². The fourth-order valence-electron chi connectivity index (χ4n) is 2.87. The van der Waals surface area contributed by atoms with Gasteiger partial charge in [-0.2, -0.15) is 0 Å². The molecule has 2 aliphatic rings. The first kappa shape index (κ1) is 9.00. The van der Waals surface area contributed by atoms with Gasteiger partial charge in [0.15, 0.2) is 0 Å². The minimum Gasteiger partial charge on any atom is -0.393 e. The second kappa shape index (κ2) is 3.29. The maximum Gasteiger partial charge on any atom is 0.219 e. The van der Waals surface area contributed by atoms with Gasteiger partial charge in [0.25, 0.3) is 0 Å². The molecule has 74 valence electrons. The minimum atomic E-state index is -0.175. The first-order valence-corrected chi connectivity index (χ1v) is 5.15. The van der Waals surface area contributed by atoms with Crippen LogP contribution in [-0.2, 0) is 4.79 Å². The molecule has 2 fully saturated rings. The zero-order valence-corrected chi connectivity index (χ0v) is 8.07. The molecule has 1 unspecified atom stereocenters. The van der Waals surface area contributed by atoms with Crippen molar-refractivity contribution < 1.29 is 9.90 Å². The van der Waals surface area contributed by atoms with Crippen molar-refractivity contribution in [1.82, 2.24) is 4.90 Å². The van der Waals surface area contributed by atoms with E-state index < -0.39 is 0 Å². The van der Waals surface area contributed by atoms with Gasteiger partial charge in [-0.3, -0.25) is 4.79 Å². The molecular weight excluding hydrogens is 166 g/mol. The summed E-state index contributed by atoms with van der Waals surface area (Å²) >= 11 is 0. The summed E-state index contributed by atoms with van der Waals surface area (Å²) in [5, 5.41) is 9.58. The third kappa shape index (κ3) is 1.57. The number of hydrogen-bond acceptors (Lipinski definition) is 2. The average Bonchev–Trinajstić information content (AvgIpc) is 2.01. The van der Waals surface area contributed by atoms with Crippen molar-refractivity contribution in [2.24, 2.45) is 0 Å². The number of rotatable bonds is 0. The molecule has 0 aromatic rings. The number of nitrogens with zero attached hydrogens (tertiary/aromatic N) is 1. The molecule has 2 saturated heterocycles. The van der Waals surface area contributed by atoms with Crippen molar-refractivity contribution in [2.45, 2.75) is 57.2 Å². The van der Waals surface area contributed by atoms with Crippen molar-refractivity contribution in [1.29, 1.82) is 0 Å². The molecular formula is C10H17NO2. The van der Waals surface area contributed by atoms with Crippen molar-refractivity contribution >= 4 is 5.91 Å². The Morgan fingerprint density at radius 1 is 1.31 bits per heavy atom. The van der Waals surface area contributed by atoms with Crippen molar-refractivity contribution in [3.63, 3.8) is 0 Å². The van der Waals surface area contributed by atoms with Gasteiger partial charge >= 0.3 is 0 Å². The van der Waals surface area contributed by atoms with Crippen LogP contribution >= 0.6 is 0 Å². The molecule has 0 radical (unpaired) electrons. The molecule has 0 aliphatic carbocycles. The van der Waals surface area contributed by atoms with Gasteiger partial charge in [0.2, 0.25) is 5.91 Å². The number of carbonyl (C=O) groups excluding carboxylic acids is 1. The lowest BCUT2D eigenvalue weighted by Crippen LogP contribution is -2.55. The second-order valence-electron chi connectivity index (χ2n) is 4.29. The van der Waals surface area contributed by atoms with Crippen LogP contribution in [0.4, 0.5) is 0 Å². The topological polar surface area (TPSA) is 40.5 Å². The zero-order chi connectivity index (χ0) is 9.42. The van der Waals surface area contributed by atoms with E-state index in [-0.39, 0.29) is 12.0 Å². The molecule has 2 heterocycles. The Balaban J connectivity index is 2.14.